The van der Waals surface area contributed by atoms with E-state index in [1.54, 1.807) is 0 Å². The Bertz CT molecular complexity index is 283. The van der Waals surface area contributed by atoms with Crippen LogP contribution >= 0.6 is 39.3 Å². The van der Waals surface area contributed by atoms with Crippen molar-refractivity contribution in [1.29, 1.82) is 0 Å². The Labute approximate surface area is 115 Å². The Morgan fingerprint density at radius 1 is 1.50 bits per heavy atom. The van der Waals surface area contributed by atoms with E-state index in [4.69, 9.17) is 16.3 Å². The highest BCUT2D eigenvalue weighted by Crippen LogP contribution is 2.53. The molecule has 0 amide bonds. The first kappa shape index (κ1) is 12.1. The molecule has 3 fully saturated rings. The monoisotopic (exact) mass is 325 g/mol. The fourth-order valence-corrected chi connectivity index (χ4v) is 6.63. The zero-order valence-corrected chi connectivity index (χ0v) is 12.5. The van der Waals surface area contributed by atoms with Crippen LogP contribution in [0.25, 0.3) is 0 Å². The maximum atomic E-state index is 6.53. The number of hydrogen-bond acceptors (Lipinski definition) is 3. The first-order valence-electron chi connectivity index (χ1n) is 5.94. The molecule has 3 aliphatic heterocycles. The topological polar surface area (TPSA) is 12.5 Å². The molecule has 6 unspecified atom stereocenters. The summed E-state index contributed by atoms with van der Waals surface area (Å²) in [4.78, 5) is 2.31. The molecule has 3 rings (SSSR count). The second kappa shape index (κ2) is 4.61. The van der Waals surface area contributed by atoms with Crippen LogP contribution in [-0.4, -0.2) is 46.1 Å². The molecule has 0 aliphatic carbocycles. The second-order valence-electron chi connectivity index (χ2n) is 5.08. The number of ether oxygens (including phenoxy) is 1. The van der Waals surface area contributed by atoms with E-state index < -0.39 is 0 Å². The maximum Gasteiger partial charge on any atom is 0.0972 e. The fraction of sp³-hybridized carbons (Fsp3) is 1.00. The average Bonchev–Trinajstić information content (AvgIpc) is 2.46. The van der Waals surface area contributed by atoms with Crippen molar-refractivity contribution >= 4 is 39.3 Å². The molecule has 0 aromatic heterocycles. The van der Waals surface area contributed by atoms with Crippen molar-refractivity contribution in [2.45, 2.75) is 33.9 Å². The molecule has 0 bridgehead atoms. The first-order chi connectivity index (χ1) is 7.68. The Balaban J connectivity index is 1.90. The molecule has 16 heavy (non-hydrogen) atoms. The standard InChI is InChI=1S/C11H17BrClNOS/c1-14-5-6-3-2-4-15-8-7(6)9(11(14)13)16-10(8)12/h6-11H,2-5H2,1H3. The SMILES string of the molecule is CN1CC2CCCOC3C(Br)SC(C23)C1Cl. The summed E-state index contributed by atoms with van der Waals surface area (Å²) in [5.41, 5.74) is 0.165. The van der Waals surface area contributed by atoms with Gasteiger partial charge in [-0.25, -0.2) is 0 Å². The predicted molar refractivity (Wildman–Crippen MR) is 72.3 cm³/mol. The number of alkyl halides is 2. The number of nitrogens with zero attached hydrogens (tertiary/aromatic N) is 1. The molecule has 0 radical (unpaired) electrons. The van der Waals surface area contributed by atoms with Crippen LogP contribution in [0, 0.1) is 11.8 Å². The number of halogens is 2. The normalized spacial score (nSPS) is 53.4. The number of piperidine rings is 1. The minimum atomic E-state index is 0.165. The molecule has 92 valence electrons. The third-order valence-electron chi connectivity index (χ3n) is 4.09. The van der Waals surface area contributed by atoms with E-state index >= 15 is 0 Å². The molecular weight excluding hydrogens is 310 g/mol. The largest absolute Gasteiger partial charge is 0.376 e. The fourth-order valence-electron chi connectivity index (χ4n) is 3.34. The highest BCUT2D eigenvalue weighted by Gasteiger charge is 2.54. The van der Waals surface area contributed by atoms with Crippen LogP contribution in [0.15, 0.2) is 0 Å². The quantitative estimate of drug-likeness (QED) is 0.502. The summed E-state index contributed by atoms with van der Waals surface area (Å²) in [5, 5.41) is 0.526. The molecule has 3 aliphatic rings. The third kappa shape index (κ3) is 1.85. The van der Waals surface area contributed by atoms with Crippen molar-refractivity contribution in [3.8, 4) is 0 Å². The number of hydrogen-bond donors (Lipinski definition) is 0. The molecule has 0 aromatic carbocycles. The van der Waals surface area contributed by atoms with E-state index in [0.717, 1.165) is 19.1 Å². The lowest BCUT2D eigenvalue weighted by molar-refractivity contribution is 0.0100. The molecule has 0 aromatic rings. The highest BCUT2D eigenvalue weighted by atomic mass is 79.9. The van der Waals surface area contributed by atoms with Gasteiger partial charge in [0.25, 0.3) is 0 Å². The minimum Gasteiger partial charge on any atom is -0.376 e. The van der Waals surface area contributed by atoms with Gasteiger partial charge in [0, 0.05) is 24.3 Å². The third-order valence-corrected chi connectivity index (χ3v) is 7.43. The molecule has 2 nitrogen and oxygen atoms in total. The van der Waals surface area contributed by atoms with Gasteiger partial charge in [-0.1, -0.05) is 15.9 Å². The molecule has 0 spiro atoms. The summed E-state index contributed by atoms with van der Waals surface area (Å²) >= 11 is 12.3. The van der Waals surface area contributed by atoms with Crippen molar-refractivity contribution in [2.24, 2.45) is 11.8 Å². The van der Waals surface area contributed by atoms with Crippen molar-refractivity contribution in [3.63, 3.8) is 0 Å². The Hall–Kier alpha value is 1.04. The van der Waals surface area contributed by atoms with Gasteiger partial charge in [-0.2, -0.15) is 0 Å². The summed E-state index contributed by atoms with van der Waals surface area (Å²) in [6, 6.07) is 0. The van der Waals surface area contributed by atoms with Gasteiger partial charge < -0.3 is 4.74 Å². The molecule has 5 heteroatoms. The lowest BCUT2D eigenvalue weighted by atomic mass is 9.80. The van der Waals surface area contributed by atoms with Gasteiger partial charge in [-0.15, -0.1) is 23.4 Å². The molecule has 3 heterocycles. The van der Waals surface area contributed by atoms with Crippen LogP contribution < -0.4 is 0 Å². The van der Waals surface area contributed by atoms with Crippen LogP contribution in [0.2, 0.25) is 0 Å². The summed E-state index contributed by atoms with van der Waals surface area (Å²) in [7, 11) is 2.15. The molecule has 0 saturated carbocycles. The second-order valence-corrected chi connectivity index (χ2v) is 8.44. The molecule has 0 N–H and O–H groups in total. The lowest BCUT2D eigenvalue weighted by Crippen LogP contribution is -2.51. The van der Waals surface area contributed by atoms with Crippen LogP contribution in [0.1, 0.15) is 12.8 Å². The average molecular weight is 327 g/mol. The zero-order valence-electron chi connectivity index (χ0n) is 9.31. The lowest BCUT2D eigenvalue weighted by Gasteiger charge is -2.42. The van der Waals surface area contributed by atoms with Crippen LogP contribution in [-0.2, 0) is 4.74 Å². The number of likely N-dealkylation sites (tertiary alicyclic amines) is 1. The van der Waals surface area contributed by atoms with Crippen LogP contribution in [0.5, 0.6) is 0 Å². The van der Waals surface area contributed by atoms with Gasteiger partial charge in [-0.3, -0.25) is 4.90 Å². The minimum absolute atomic E-state index is 0.165. The van der Waals surface area contributed by atoms with Crippen LogP contribution in [0.4, 0.5) is 0 Å². The van der Waals surface area contributed by atoms with Gasteiger partial charge >= 0.3 is 0 Å². The van der Waals surface area contributed by atoms with Gasteiger partial charge in [0.15, 0.2) is 0 Å². The van der Waals surface area contributed by atoms with Gasteiger partial charge in [0.1, 0.15) is 0 Å². The molecule has 3 saturated heterocycles. The first-order valence-corrected chi connectivity index (χ1v) is 8.23. The maximum absolute atomic E-state index is 6.53. The Kier molecular flexibility index (Phi) is 3.49. The van der Waals surface area contributed by atoms with Crippen molar-refractivity contribution in [3.05, 3.63) is 0 Å². The van der Waals surface area contributed by atoms with Gasteiger partial charge in [0.2, 0.25) is 0 Å². The summed E-state index contributed by atoms with van der Waals surface area (Å²) in [6.45, 7) is 2.05. The van der Waals surface area contributed by atoms with Gasteiger partial charge in [0.05, 0.1) is 15.8 Å². The van der Waals surface area contributed by atoms with E-state index in [1.807, 2.05) is 11.8 Å². The molecule has 6 atom stereocenters. The zero-order chi connectivity index (χ0) is 11.3. The summed E-state index contributed by atoms with van der Waals surface area (Å²) < 4.78 is 6.44. The number of thioether (sulfide) groups is 1. The van der Waals surface area contributed by atoms with E-state index in [0.29, 0.717) is 21.4 Å². The van der Waals surface area contributed by atoms with Crippen LogP contribution in [0.3, 0.4) is 0 Å². The van der Waals surface area contributed by atoms with E-state index in [-0.39, 0.29) is 5.50 Å². The van der Waals surface area contributed by atoms with E-state index in [2.05, 4.69) is 27.9 Å². The Morgan fingerprint density at radius 3 is 3.12 bits per heavy atom. The molecular formula is C11H17BrClNOS. The van der Waals surface area contributed by atoms with Crippen molar-refractivity contribution < 1.29 is 4.74 Å². The van der Waals surface area contributed by atoms with E-state index in [1.165, 1.54) is 12.8 Å². The predicted octanol–water partition coefficient (Wildman–Crippen LogP) is 2.74. The number of rotatable bonds is 0. The van der Waals surface area contributed by atoms with E-state index in [9.17, 15) is 0 Å². The highest BCUT2D eigenvalue weighted by molar-refractivity contribution is 9.11. The summed E-state index contributed by atoms with van der Waals surface area (Å²) in [6.07, 6.45) is 2.87. The Morgan fingerprint density at radius 2 is 2.31 bits per heavy atom. The smallest absolute Gasteiger partial charge is 0.0972 e. The van der Waals surface area contributed by atoms with Crippen molar-refractivity contribution in [1.82, 2.24) is 4.90 Å². The van der Waals surface area contributed by atoms with Crippen molar-refractivity contribution in [2.75, 3.05) is 20.2 Å². The van der Waals surface area contributed by atoms with Gasteiger partial charge in [-0.05, 0) is 25.8 Å². The summed E-state index contributed by atoms with van der Waals surface area (Å²) in [5.74, 6) is 1.42.